The first-order valence-electron chi connectivity index (χ1n) is 7.94. The van der Waals surface area contributed by atoms with Crippen molar-refractivity contribution in [3.8, 4) is 0 Å². The van der Waals surface area contributed by atoms with E-state index in [4.69, 9.17) is 4.74 Å². The maximum Gasteiger partial charge on any atom is 0.145 e. The first-order valence-corrected chi connectivity index (χ1v) is 7.94. The van der Waals surface area contributed by atoms with Crippen LogP contribution in [0.2, 0.25) is 0 Å². The van der Waals surface area contributed by atoms with Crippen molar-refractivity contribution in [1.29, 1.82) is 0 Å². The summed E-state index contributed by atoms with van der Waals surface area (Å²) in [6.45, 7) is 7.00. The van der Waals surface area contributed by atoms with Gasteiger partial charge < -0.3 is 9.64 Å². The van der Waals surface area contributed by atoms with E-state index in [2.05, 4.69) is 54.4 Å². The zero-order valence-corrected chi connectivity index (χ0v) is 13.7. The lowest BCUT2D eigenvalue weighted by molar-refractivity contribution is 0.192. The largest absolute Gasteiger partial charge is 0.458 e. The van der Waals surface area contributed by atoms with Gasteiger partial charge in [0.1, 0.15) is 11.5 Å². The van der Waals surface area contributed by atoms with Crippen LogP contribution in [0.1, 0.15) is 27.2 Å². The molecule has 0 N–H and O–H groups in total. The average molecular weight is 295 g/mol. The maximum atomic E-state index is 6.08. The maximum absolute atomic E-state index is 6.08. The van der Waals surface area contributed by atoms with Gasteiger partial charge in [-0.25, -0.2) is 0 Å². The van der Waals surface area contributed by atoms with Crippen LogP contribution >= 0.6 is 0 Å². The highest BCUT2D eigenvalue weighted by Crippen LogP contribution is 2.29. The van der Waals surface area contributed by atoms with E-state index in [1.807, 2.05) is 38.2 Å². The molecular formula is C20H25NO. The standard InChI is InChI=1S/C20H25NO/c1-4-7-15-18-16-21(17-13-10-8-9-11-14-17)19(6-3)20(22-18)12-5-2/h4-5,7-15,17H,6,16H2,1-3H3/b7-4-,12-5-,18-15+. The highest BCUT2D eigenvalue weighted by Gasteiger charge is 2.25. The van der Waals surface area contributed by atoms with Crippen LogP contribution < -0.4 is 0 Å². The van der Waals surface area contributed by atoms with Crippen LogP contribution in [0, 0.1) is 0 Å². The lowest BCUT2D eigenvalue weighted by Gasteiger charge is -2.37. The van der Waals surface area contributed by atoms with Crippen molar-refractivity contribution in [3.05, 3.63) is 84.1 Å². The Labute approximate surface area is 134 Å². The smallest absolute Gasteiger partial charge is 0.145 e. The first-order chi connectivity index (χ1) is 10.8. The van der Waals surface area contributed by atoms with Gasteiger partial charge in [-0.1, -0.05) is 61.6 Å². The van der Waals surface area contributed by atoms with Gasteiger partial charge in [0, 0.05) is 0 Å². The lowest BCUT2D eigenvalue weighted by atomic mass is 10.1. The summed E-state index contributed by atoms with van der Waals surface area (Å²) >= 11 is 0. The van der Waals surface area contributed by atoms with Gasteiger partial charge in [0.05, 0.1) is 18.3 Å². The first kappa shape index (κ1) is 16.2. The number of allylic oxidation sites excluding steroid dienone is 10. The van der Waals surface area contributed by atoms with Crippen LogP contribution in [-0.2, 0) is 4.74 Å². The molecular weight excluding hydrogens is 270 g/mol. The van der Waals surface area contributed by atoms with Gasteiger partial charge in [0.15, 0.2) is 0 Å². The predicted octanol–water partition coefficient (Wildman–Crippen LogP) is 5.03. The molecule has 0 saturated heterocycles. The molecule has 1 heterocycles. The van der Waals surface area contributed by atoms with E-state index in [1.165, 1.54) is 5.70 Å². The second-order valence-corrected chi connectivity index (χ2v) is 5.20. The van der Waals surface area contributed by atoms with Gasteiger partial charge in [-0.3, -0.25) is 0 Å². The summed E-state index contributed by atoms with van der Waals surface area (Å²) in [6.07, 6.45) is 23.9. The molecule has 0 saturated carbocycles. The molecule has 0 amide bonds. The van der Waals surface area contributed by atoms with Crippen molar-refractivity contribution in [2.75, 3.05) is 6.54 Å². The fourth-order valence-corrected chi connectivity index (χ4v) is 2.63. The molecule has 0 unspecified atom stereocenters. The molecule has 2 heteroatoms. The number of hydrogen-bond donors (Lipinski definition) is 0. The lowest BCUT2D eigenvalue weighted by Crippen LogP contribution is -2.37. The molecule has 1 aliphatic carbocycles. The Balaban J connectivity index is 2.40. The topological polar surface area (TPSA) is 12.5 Å². The van der Waals surface area contributed by atoms with Crippen molar-refractivity contribution in [3.63, 3.8) is 0 Å². The third kappa shape index (κ3) is 3.91. The Morgan fingerprint density at radius 3 is 2.45 bits per heavy atom. The monoisotopic (exact) mass is 295 g/mol. The molecule has 0 spiro atoms. The van der Waals surface area contributed by atoms with Crippen molar-refractivity contribution in [1.82, 2.24) is 4.90 Å². The van der Waals surface area contributed by atoms with Crippen molar-refractivity contribution < 1.29 is 4.74 Å². The third-order valence-corrected chi connectivity index (χ3v) is 3.64. The third-order valence-electron chi connectivity index (χ3n) is 3.64. The molecule has 0 bridgehead atoms. The molecule has 1 aliphatic heterocycles. The quantitative estimate of drug-likeness (QED) is 0.721. The SMILES string of the molecule is C/C=C\C=C1/CN(C2C=CC=CC=C2)C(CC)=C(/C=C\C)O1. The molecule has 2 aliphatic rings. The minimum Gasteiger partial charge on any atom is -0.458 e. The van der Waals surface area contributed by atoms with Gasteiger partial charge in [-0.15, -0.1) is 0 Å². The van der Waals surface area contributed by atoms with Gasteiger partial charge in [0.2, 0.25) is 0 Å². The van der Waals surface area contributed by atoms with E-state index in [-0.39, 0.29) is 6.04 Å². The minimum absolute atomic E-state index is 0.253. The van der Waals surface area contributed by atoms with Crippen molar-refractivity contribution >= 4 is 0 Å². The van der Waals surface area contributed by atoms with E-state index < -0.39 is 0 Å². The Morgan fingerprint density at radius 2 is 1.86 bits per heavy atom. The number of rotatable bonds is 4. The van der Waals surface area contributed by atoms with Crippen LogP contribution in [-0.4, -0.2) is 17.5 Å². The van der Waals surface area contributed by atoms with Crippen molar-refractivity contribution in [2.24, 2.45) is 0 Å². The van der Waals surface area contributed by atoms with Crippen LogP contribution in [0.25, 0.3) is 0 Å². The highest BCUT2D eigenvalue weighted by molar-refractivity contribution is 5.31. The highest BCUT2D eigenvalue weighted by atomic mass is 16.5. The number of ether oxygens (including phenoxy) is 1. The van der Waals surface area contributed by atoms with Gasteiger partial charge >= 0.3 is 0 Å². The average Bonchev–Trinajstić information content (AvgIpc) is 2.82. The van der Waals surface area contributed by atoms with E-state index in [9.17, 15) is 0 Å². The summed E-state index contributed by atoms with van der Waals surface area (Å²) in [4.78, 5) is 2.41. The summed E-state index contributed by atoms with van der Waals surface area (Å²) in [5.74, 6) is 1.92. The predicted molar refractivity (Wildman–Crippen MR) is 94.0 cm³/mol. The van der Waals surface area contributed by atoms with E-state index in [0.717, 1.165) is 24.5 Å². The Hall–Kier alpha value is -2.22. The van der Waals surface area contributed by atoms with Crippen LogP contribution in [0.3, 0.4) is 0 Å². The normalized spacial score (nSPS) is 21.4. The fourth-order valence-electron chi connectivity index (χ4n) is 2.63. The molecule has 0 aromatic rings. The van der Waals surface area contributed by atoms with E-state index in [1.54, 1.807) is 0 Å². The van der Waals surface area contributed by atoms with E-state index >= 15 is 0 Å². The number of nitrogens with zero attached hydrogens (tertiary/aromatic N) is 1. The zero-order chi connectivity index (χ0) is 15.8. The summed E-state index contributed by atoms with van der Waals surface area (Å²) in [6, 6.07) is 0.253. The molecule has 0 aromatic heterocycles. The Bertz CT molecular complexity index is 569. The molecule has 0 fully saturated rings. The molecule has 2 nitrogen and oxygen atoms in total. The van der Waals surface area contributed by atoms with Crippen LogP contribution in [0.15, 0.2) is 84.1 Å². The molecule has 0 aromatic carbocycles. The van der Waals surface area contributed by atoms with Gasteiger partial charge in [0.25, 0.3) is 0 Å². The summed E-state index contributed by atoms with van der Waals surface area (Å²) in [7, 11) is 0. The van der Waals surface area contributed by atoms with Gasteiger partial charge in [-0.2, -0.15) is 0 Å². The molecule has 22 heavy (non-hydrogen) atoms. The molecule has 2 rings (SSSR count). The Morgan fingerprint density at radius 1 is 1.14 bits per heavy atom. The van der Waals surface area contributed by atoms with Crippen LogP contribution in [0.5, 0.6) is 0 Å². The zero-order valence-electron chi connectivity index (χ0n) is 13.7. The molecule has 0 radical (unpaired) electrons. The summed E-state index contributed by atoms with van der Waals surface area (Å²) in [5.41, 5.74) is 1.25. The summed E-state index contributed by atoms with van der Waals surface area (Å²) in [5, 5.41) is 0. The molecule has 0 atom stereocenters. The second-order valence-electron chi connectivity index (χ2n) is 5.20. The Kier molecular flexibility index (Phi) is 6.08. The minimum atomic E-state index is 0.253. The second kappa shape index (κ2) is 8.28. The summed E-state index contributed by atoms with van der Waals surface area (Å²) < 4.78 is 6.08. The van der Waals surface area contributed by atoms with Crippen molar-refractivity contribution in [2.45, 2.75) is 33.2 Å². The van der Waals surface area contributed by atoms with Crippen LogP contribution in [0.4, 0.5) is 0 Å². The number of hydrogen-bond acceptors (Lipinski definition) is 2. The molecule has 116 valence electrons. The van der Waals surface area contributed by atoms with E-state index in [0.29, 0.717) is 0 Å². The fraction of sp³-hybridized carbons (Fsp3) is 0.300. The van der Waals surface area contributed by atoms with Gasteiger partial charge in [-0.05, 0) is 32.4 Å².